The summed E-state index contributed by atoms with van der Waals surface area (Å²) in [4.78, 5) is 12.3. The summed E-state index contributed by atoms with van der Waals surface area (Å²) in [6, 6.07) is 3.70. The molecule has 2 aromatic carbocycles. The van der Waals surface area contributed by atoms with Crippen LogP contribution >= 0.6 is 0 Å². The summed E-state index contributed by atoms with van der Waals surface area (Å²) in [6.07, 6.45) is -1.96. The summed E-state index contributed by atoms with van der Waals surface area (Å²) in [5.74, 6) is -3.10. The van der Waals surface area contributed by atoms with Gasteiger partial charge in [-0.3, -0.25) is 9.52 Å². The molecule has 0 aromatic heterocycles. The molecule has 2 N–H and O–H groups in total. The molecule has 0 spiro atoms. The number of sulfonamides is 1. The zero-order chi connectivity index (χ0) is 25.8. The van der Waals surface area contributed by atoms with E-state index >= 15 is 0 Å². The van der Waals surface area contributed by atoms with Crippen LogP contribution in [0.15, 0.2) is 36.4 Å². The van der Waals surface area contributed by atoms with Crippen molar-refractivity contribution in [2.24, 2.45) is 0 Å². The first-order valence-electron chi connectivity index (χ1n) is 9.90. The normalized spacial score (nSPS) is 13.2. The summed E-state index contributed by atoms with van der Waals surface area (Å²) < 4.78 is 97.0. The molecule has 1 amide bonds. The maximum absolute atomic E-state index is 14.2. The number of ether oxygens (including phenoxy) is 1. The lowest BCUT2D eigenvalue weighted by Crippen LogP contribution is -2.25. The molecule has 186 valence electrons. The first-order chi connectivity index (χ1) is 15.6. The zero-order valence-corrected chi connectivity index (χ0v) is 19.4. The van der Waals surface area contributed by atoms with E-state index in [1.165, 1.54) is 13.0 Å². The van der Waals surface area contributed by atoms with E-state index in [1.54, 1.807) is 18.6 Å². The minimum Gasteiger partial charge on any atom is -0.490 e. The molecule has 0 aliphatic carbocycles. The maximum Gasteiger partial charge on any atom is 0.416 e. The Morgan fingerprint density at radius 3 is 2.15 bits per heavy atom. The highest BCUT2D eigenvalue weighted by atomic mass is 32.2. The topological polar surface area (TPSA) is 84.5 Å². The largest absolute Gasteiger partial charge is 0.490 e. The Morgan fingerprint density at radius 2 is 1.65 bits per heavy atom. The minimum absolute atomic E-state index is 0.0224. The van der Waals surface area contributed by atoms with Crippen LogP contribution in [0.3, 0.4) is 0 Å². The second kappa shape index (κ2) is 10.4. The van der Waals surface area contributed by atoms with Crippen LogP contribution in [0, 0.1) is 11.6 Å². The van der Waals surface area contributed by atoms with Crippen LogP contribution < -0.4 is 14.8 Å². The van der Waals surface area contributed by atoms with Crippen molar-refractivity contribution >= 4 is 27.7 Å². The van der Waals surface area contributed by atoms with E-state index in [2.05, 4.69) is 5.32 Å². The van der Waals surface area contributed by atoms with Crippen LogP contribution in [-0.4, -0.2) is 26.7 Å². The Labute approximate surface area is 193 Å². The number of benzene rings is 2. The number of amides is 1. The lowest BCUT2D eigenvalue weighted by atomic mass is 10.1. The average molecular weight is 506 g/mol. The van der Waals surface area contributed by atoms with Gasteiger partial charge in [-0.15, -0.1) is 0 Å². The van der Waals surface area contributed by atoms with Gasteiger partial charge in [0.25, 0.3) is 0 Å². The van der Waals surface area contributed by atoms with E-state index in [0.29, 0.717) is 0 Å². The second-order valence-electron chi connectivity index (χ2n) is 7.71. The van der Waals surface area contributed by atoms with Gasteiger partial charge in [-0.1, -0.05) is 6.07 Å². The van der Waals surface area contributed by atoms with E-state index in [0.717, 1.165) is 42.7 Å². The third-order valence-electron chi connectivity index (χ3n) is 4.33. The van der Waals surface area contributed by atoms with Gasteiger partial charge in [0.05, 0.1) is 24.0 Å². The second-order valence-corrected chi connectivity index (χ2v) is 9.46. The van der Waals surface area contributed by atoms with Crippen LogP contribution in [-0.2, 0) is 21.0 Å². The van der Waals surface area contributed by atoms with E-state index in [-0.39, 0.29) is 16.9 Å². The molecule has 0 radical (unpaired) electrons. The smallest absolute Gasteiger partial charge is 0.416 e. The van der Waals surface area contributed by atoms with Crippen molar-refractivity contribution in [2.45, 2.75) is 39.1 Å². The van der Waals surface area contributed by atoms with Crippen molar-refractivity contribution in [3.63, 3.8) is 0 Å². The molecule has 2 aromatic rings. The first-order valence-corrected chi connectivity index (χ1v) is 11.8. The number of halogens is 5. The molecule has 34 heavy (non-hydrogen) atoms. The van der Waals surface area contributed by atoms with Gasteiger partial charge in [-0.05, 0) is 56.7 Å². The van der Waals surface area contributed by atoms with Gasteiger partial charge in [0.1, 0.15) is 11.4 Å². The van der Waals surface area contributed by atoms with Crippen molar-refractivity contribution < 1.29 is 39.9 Å². The third-order valence-corrected chi connectivity index (χ3v) is 4.90. The van der Waals surface area contributed by atoms with Gasteiger partial charge in [0.2, 0.25) is 15.9 Å². The predicted molar refractivity (Wildman–Crippen MR) is 118 cm³/mol. The van der Waals surface area contributed by atoms with Gasteiger partial charge >= 0.3 is 6.18 Å². The number of carbonyl (C=O) groups is 1. The third kappa shape index (κ3) is 7.72. The summed E-state index contributed by atoms with van der Waals surface area (Å²) in [5, 5.41) is 2.47. The van der Waals surface area contributed by atoms with Crippen LogP contribution in [0.5, 0.6) is 5.75 Å². The van der Waals surface area contributed by atoms with Gasteiger partial charge in [-0.2, -0.15) is 13.2 Å². The Morgan fingerprint density at radius 1 is 1.06 bits per heavy atom. The molecule has 12 heteroatoms. The molecular formula is C22H23F5N2O4S. The quantitative estimate of drug-likeness (QED) is 0.389. The number of hydrogen-bond acceptors (Lipinski definition) is 4. The number of hydrogen-bond donors (Lipinski definition) is 2. The summed E-state index contributed by atoms with van der Waals surface area (Å²) in [6.45, 7) is 4.71. The van der Waals surface area contributed by atoms with Crippen LogP contribution in [0.2, 0.25) is 0 Å². The zero-order valence-electron chi connectivity index (χ0n) is 18.6. The predicted octanol–water partition coefficient (Wildman–Crippen LogP) is 5.03. The van der Waals surface area contributed by atoms with Gasteiger partial charge < -0.3 is 10.1 Å². The Bertz CT molecular complexity index is 1170. The number of nitrogens with one attached hydrogen (secondary N) is 2. The Hall–Kier alpha value is -3.15. The summed E-state index contributed by atoms with van der Waals surface area (Å²) >= 11 is 0. The molecule has 0 aliphatic rings. The fourth-order valence-electron chi connectivity index (χ4n) is 2.84. The lowest BCUT2D eigenvalue weighted by Gasteiger charge is -2.16. The molecular weight excluding hydrogens is 483 g/mol. The van der Waals surface area contributed by atoms with Crippen LogP contribution in [0.4, 0.5) is 27.6 Å². The van der Waals surface area contributed by atoms with Crippen molar-refractivity contribution in [1.82, 2.24) is 5.32 Å². The molecule has 2 rings (SSSR count). The fourth-order valence-corrected chi connectivity index (χ4v) is 3.41. The monoisotopic (exact) mass is 506 g/mol. The maximum atomic E-state index is 14.2. The minimum atomic E-state index is -4.57. The average Bonchev–Trinajstić information content (AvgIpc) is 2.67. The molecule has 0 heterocycles. The number of anilines is 1. The van der Waals surface area contributed by atoms with Gasteiger partial charge in [0, 0.05) is 11.6 Å². The molecule has 0 aliphatic heterocycles. The van der Waals surface area contributed by atoms with Crippen molar-refractivity contribution in [1.29, 1.82) is 0 Å². The van der Waals surface area contributed by atoms with Gasteiger partial charge in [-0.25, -0.2) is 17.2 Å². The van der Waals surface area contributed by atoms with E-state index < -0.39 is 57.1 Å². The Balaban J connectivity index is 2.20. The standard InChI is InChI=1S/C22H23F5N2O4S/c1-12(2)33-19-11-16(22(25,26)27)7-5-14(19)6-8-20(30)28-13(3)15-9-17(23)21(18(24)10-15)29-34(4,31)32/h5-13,29H,1-4H3,(H,28,30)/b8-6+/t13-/m1/s1. The van der Waals surface area contributed by atoms with Crippen LogP contribution in [0.1, 0.15) is 43.5 Å². The number of carbonyl (C=O) groups excluding carboxylic acids is 1. The summed E-state index contributed by atoms with van der Waals surface area (Å²) in [5.41, 5.74) is -1.51. The summed E-state index contributed by atoms with van der Waals surface area (Å²) in [7, 11) is -3.91. The number of alkyl halides is 3. The molecule has 0 unspecified atom stereocenters. The molecule has 0 saturated carbocycles. The molecule has 6 nitrogen and oxygen atoms in total. The molecule has 0 fully saturated rings. The van der Waals surface area contributed by atoms with Crippen molar-refractivity contribution in [3.8, 4) is 5.75 Å². The van der Waals surface area contributed by atoms with E-state index in [1.807, 2.05) is 0 Å². The highest BCUT2D eigenvalue weighted by Gasteiger charge is 2.31. The van der Waals surface area contributed by atoms with Crippen molar-refractivity contribution in [3.05, 3.63) is 64.7 Å². The molecule has 0 bridgehead atoms. The molecule has 0 saturated heterocycles. The van der Waals surface area contributed by atoms with E-state index in [9.17, 15) is 35.2 Å². The number of rotatable bonds is 8. The lowest BCUT2D eigenvalue weighted by molar-refractivity contribution is -0.137. The highest BCUT2D eigenvalue weighted by molar-refractivity contribution is 7.92. The molecule has 1 atom stereocenters. The van der Waals surface area contributed by atoms with Crippen molar-refractivity contribution in [2.75, 3.05) is 11.0 Å². The fraction of sp³-hybridized carbons (Fsp3) is 0.318. The van der Waals surface area contributed by atoms with Crippen LogP contribution in [0.25, 0.3) is 6.08 Å². The first kappa shape index (κ1) is 27.1. The van der Waals surface area contributed by atoms with Gasteiger partial charge in [0.15, 0.2) is 11.6 Å². The van der Waals surface area contributed by atoms with E-state index in [4.69, 9.17) is 4.74 Å². The highest BCUT2D eigenvalue weighted by Crippen LogP contribution is 2.34. The Kier molecular flexibility index (Phi) is 8.30. The SMILES string of the molecule is CC(C)Oc1cc(C(F)(F)F)ccc1/C=C/C(=O)N[C@H](C)c1cc(F)c(NS(C)(=O)=O)c(F)c1.